The van der Waals surface area contributed by atoms with Gasteiger partial charge in [0.05, 0.1) is 0 Å². The minimum absolute atomic E-state index is 0.00384. The summed E-state index contributed by atoms with van der Waals surface area (Å²) in [6.45, 7) is 2.30. The minimum atomic E-state index is -0.689. The molecule has 3 heterocycles. The summed E-state index contributed by atoms with van der Waals surface area (Å²) in [6.07, 6.45) is 6.51. The summed E-state index contributed by atoms with van der Waals surface area (Å²) in [4.78, 5) is 26.9. The summed E-state index contributed by atoms with van der Waals surface area (Å²) in [6, 6.07) is 1.42. The molecule has 2 N–H and O–H groups in total. The van der Waals surface area contributed by atoms with Crippen molar-refractivity contribution >= 4 is 11.8 Å². The molecule has 22 heavy (non-hydrogen) atoms. The fourth-order valence-electron chi connectivity index (χ4n) is 3.38. The van der Waals surface area contributed by atoms with Gasteiger partial charge in [0.1, 0.15) is 11.6 Å². The van der Waals surface area contributed by atoms with Gasteiger partial charge in [0.2, 0.25) is 11.8 Å². The van der Waals surface area contributed by atoms with Crippen molar-refractivity contribution in [3.63, 3.8) is 0 Å². The number of aromatic nitrogens is 2. The summed E-state index contributed by atoms with van der Waals surface area (Å²) in [5.74, 6) is -0.0875. The smallest absolute Gasteiger partial charge is 0.248 e. The molecule has 3 rings (SSSR count). The predicted octanol–water partition coefficient (Wildman–Crippen LogP) is -0.301. The second-order valence-corrected chi connectivity index (χ2v) is 6.16. The standard InChI is InChI=1S/C15H23N5O2/c1-19-10-2-4-12(13(19)21)18-14(22)15(5-8-16-9-6-15)20-11-3-7-17-20/h3,7,11-12,16H,2,4-6,8-10H2,1H3,(H,18,22). The molecule has 7 nitrogen and oxygen atoms in total. The molecule has 0 aromatic carbocycles. The highest BCUT2D eigenvalue weighted by atomic mass is 16.2. The number of carbonyl (C=O) groups is 2. The monoisotopic (exact) mass is 305 g/mol. The lowest BCUT2D eigenvalue weighted by Crippen LogP contribution is -2.59. The van der Waals surface area contributed by atoms with E-state index < -0.39 is 11.6 Å². The highest BCUT2D eigenvalue weighted by Crippen LogP contribution is 2.27. The molecule has 0 radical (unpaired) electrons. The molecule has 2 aliphatic heterocycles. The average molecular weight is 305 g/mol. The van der Waals surface area contributed by atoms with E-state index in [2.05, 4.69) is 15.7 Å². The first-order valence-corrected chi connectivity index (χ1v) is 7.90. The summed E-state index contributed by atoms with van der Waals surface area (Å²) in [7, 11) is 1.79. The van der Waals surface area contributed by atoms with Gasteiger partial charge in [-0.15, -0.1) is 0 Å². The molecule has 0 bridgehead atoms. The van der Waals surface area contributed by atoms with Crippen LogP contribution in [0.2, 0.25) is 0 Å². The van der Waals surface area contributed by atoms with Crippen molar-refractivity contribution in [3.05, 3.63) is 18.5 Å². The van der Waals surface area contributed by atoms with Crippen LogP contribution in [-0.4, -0.2) is 59.2 Å². The van der Waals surface area contributed by atoms with Crippen LogP contribution in [0, 0.1) is 0 Å². The Morgan fingerprint density at radius 3 is 2.91 bits per heavy atom. The third kappa shape index (κ3) is 2.61. The van der Waals surface area contributed by atoms with Crippen LogP contribution in [0.3, 0.4) is 0 Å². The van der Waals surface area contributed by atoms with Crippen molar-refractivity contribution in [3.8, 4) is 0 Å². The fourth-order valence-corrected chi connectivity index (χ4v) is 3.38. The number of likely N-dealkylation sites (tertiary alicyclic amines) is 1. The van der Waals surface area contributed by atoms with Crippen molar-refractivity contribution in [1.29, 1.82) is 0 Å². The third-order valence-electron chi connectivity index (χ3n) is 4.76. The summed E-state index contributed by atoms with van der Waals surface area (Å²) in [5.41, 5.74) is -0.689. The second kappa shape index (κ2) is 6.08. The number of amides is 2. The number of nitrogens with zero attached hydrogens (tertiary/aromatic N) is 3. The van der Waals surface area contributed by atoms with Crippen LogP contribution in [0.5, 0.6) is 0 Å². The van der Waals surface area contributed by atoms with Crippen LogP contribution in [-0.2, 0) is 15.1 Å². The van der Waals surface area contributed by atoms with Crippen LogP contribution in [0.1, 0.15) is 25.7 Å². The Kier molecular flexibility index (Phi) is 4.15. The number of likely N-dealkylation sites (N-methyl/N-ethyl adjacent to an activating group) is 1. The zero-order valence-corrected chi connectivity index (χ0v) is 12.9. The van der Waals surface area contributed by atoms with Gasteiger partial charge in [-0.3, -0.25) is 14.3 Å². The van der Waals surface area contributed by atoms with Crippen molar-refractivity contribution in [2.75, 3.05) is 26.7 Å². The predicted molar refractivity (Wildman–Crippen MR) is 81.1 cm³/mol. The average Bonchev–Trinajstić information content (AvgIpc) is 3.07. The molecular weight excluding hydrogens is 282 g/mol. The van der Waals surface area contributed by atoms with Gasteiger partial charge in [0.15, 0.2) is 0 Å². The first-order chi connectivity index (χ1) is 10.6. The molecular formula is C15H23N5O2. The molecule has 2 aliphatic rings. The Balaban J connectivity index is 1.79. The summed E-state index contributed by atoms with van der Waals surface area (Å²) < 4.78 is 1.75. The van der Waals surface area contributed by atoms with Gasteiger partial charge in [-0.25, -0.2) is 0 Å². The van der Waals surface area contributed by atoms with Crippen molar-refractivity contribution in [1.82, 2.24) is 25.3 Å². The summed E-state index contributed by atoms with van der Waals surface area (Å²) in [5, 5.41) is 10.6. The van der Waals surface area contributed by atoms with E-state index in [0.29, 0.717) is 19.3 Å². The van der Waals surface area contributed by atoms with E-state index in [4.69, 9.17) is 0 Å². The molecule has 1 aromatic rings. The van der Waals surface area contributed by atoms with E-state index in [-0.39, 0.29) is 11.8 Å². The van der Waals surface area contributed by atoms with Gasteiger partial charge in [-0.2, -0.15) is 5.10 Å². The molecule has 7 heteroatoms. The maximum absolute atomic E-state index is 13.0. The van der Waals surface area contributed by atoms with Crippen LogP contribution in [0.15, 0.2) is 18.5 Å². The zero-order valence-electron chi connectivity index (χ0n) is 12.9. The Morgan fingerprint density at radius 2 is 2.23 bits per heavy atom. The Labute approximate surface area is 130 Å². The molecule has 0 saturated carbocycles. The van der Waals surface area contributed by atoms with Crippen LogP contribution >= 0.6 is 0 Å². The molecule has 2 fully saturated rings. The highest BCUT2D eigenvalue weighted by molar-refractivity contribution is 5.91. The van der Waals surface area contributed by atoms with E-state index in [1.165, 1.54) is 0 Å². The number of piperidine rings is 2. The SMILES string of the molecule is CN1CCCC(NC(=O)C2(n3cccn3)CCNCC2)C1=O. The van der Waals surface area contributed by atoms with E-state index in [1.807, 2.05) is 12.3 Å². The lowest BCUT2D eigenvalue weighted by molar-refractivity contribution is -0.141. The van der Waals surface area contributed by atoms with Gasteiger partial charge in [0.25, 0.3) is 0 Å². The van der Waals surface area contributed by atoms with Crippen molar-refractivity contribution in [2.45, 2.75) is 37.3 Å². The quantitative estimate of drug-likeness (QED) is 0.803. The number of rotatable bonds is 3. The zero-order chi connectivity index (χ0) is 15.6. The maximum atomic E-state index is 13.0. The largest absolute Gasteiger partial charge is 0.344 e. The molecule has 2 saturated heterocycles. The topological polar surface area (TPSA) is 79.3 Å². The van der Waals surface area contributed by atoms with Crippen molar-refractivity contribution < 1.29 is 9.59 Å². The highest BCUT2D eigenvalue weighted by Gasteiger charge is 2.43. The molecule has 1 atom stereocenters. The minimum Gasteiger partial charge on any atom is -0.344 e. The van der Waals surface area contributed by atoms with Gasteiger partial charge in [0, 0.05) is 26.0 Å². The van der Waals surface area contributed by atoms with E-state index in [9.17, 15) is 9.59 Å². The fraction of sp³-hybridized carbons (Fsp3) is 0.667. The van der Waals surface area contributed by atoms with E-state index in [1.54, 1.807) is 22.8 Å². The number of hydrogen-bond donors (Lipinski definition) is 2. The Hall–Kier alpha value is -1.89. The van der Waals surface area contributed by atoms with Crippen molar-refractivity contribution in [2.24, 2.45) is 0 Å². The lowest BCUT2D eigenvalue weighted by atomic mass is 9.86. The van der Waals surface area contributed by atoms with Gasteiger partial charge in [-0.05, 0) is 44.8 Å². The molecule has 2 amide bonds. The maximum Gasteiger partial charge on any atom is 0.248 e. The first kappa shape index (κ1) is 15.0. The second-order valence-electron chi connectivity index (χ2n) is 6.16. The van der Waals surface area contributed by atoms with Crippen LogP contribution in [0.4, 0.5) is 0 Å². The van der Waals surface area contributed by atoms with Crippen LogP contribution < -0.4 is 10.6 Å². The van der Waals surface area contributed by atoms with Gasteiger partial charge < -0.3 is 15.5 Å². The Bertz CT molecular complexity index is 536. The summed E-state index contributed by atoms with van der Waals surface area (Å²) >= 11 is 0. The molecule has 1 aromatic heterocycles. The van der Waals surface area contributed by atoms with E-state index >= 15 is 0 Å². The Morgan fingerprint density at radius 1 is 1.45 bits per heavy atom. The van der Waals surface area contributed by atoms with Gasteiger partial charge >= 0.3 is 0 Å². The molecule has 1 unspecified atom stereocenters. The normalized spacial score (nSPS) is 25.0. The lowest BCUT2D eigenvalue weighted by Gasteiger charge is -2.38. The number of hydrogen-bond acceptors (Lipinski definition) is 4. The molecule has 0 spiro atoms. The molecule has 0 aliphatic carbocycles. The first-order valence-electron chi connectivity index (χ1n) is 7.90. The number of nitrogens with one attached hydrogen (secondary N) is 2. The van der Waals surface area contributed by atoms with Gasteiger partial charge in [-0.1, -0.05) is 0 Å². The molecule has 120 valence electrons. The number of carbonyl (C=O) groups excluding carboxylic acids is 2. The van der Waals surface area contributed by atoms with E-state index in [0.717, 1.165) is 26.1 Å². The van der Waals surface area contributed by atoms with Crippen LogP contribution in [0.25, 0.3) is 0 Å². The third-order valence-corrected chi connectivity index (χ3v) is 4.76.